The van der Waals surface area contributed by atoms with Gasteiger partial charge in [0.25, 0.3) is 0 Å². The van der Waals surface area contributed by atoms with E-state index in [2.05, 4.69) is 15.0 Å². The van der Waals surface area contributed by atoms with Gasteiger partial charge in [-0.2, -0.15) is 13.2 Å². The molecule has 1 fully saturated rings. The number of hydrogen-bond donors (Lipinski definition) is 2. The number of fused-ring (bicyclic) bond motifs is 4. The second-order valence-corrected chi connectivity index (χ2v) is 8.40. The van der Waals surface area contributed by atoms with Gasteiger partial charge in [0.1, 0.15) is 29.2 Å². The maximum atomic E-state index is 13.0. The van der Waals surface area contributed by atoms with E-state index in [0.717, 1.165) is 23.4 Å². The van der Waals surface area contributed by atoms with E-state index in [-0.39, 0.29) is 51.4 Å². The third kappa shape index (κ3) is 4.04. The SMILES string of the molecule is [NH-]CCc1c(Oc2ccc3c(c2)C2C(O3)[C@H]2c2nc3ccc(C(F)(F)F)cc3[nH]2)ccnc1O.[W]. The van der Waals surface area contributed by atoms with Crippen LogP contribution in [0.3, 0.4) is 0 Å². The van der Waals surface area contributed by atoms with Crippen LogP contribution < -0.4 is 9.47 Å². The van der Waals surface area contributed by atoms with Crippen molar-refractivity contribution in [1.29, 1.82) is 0 Å². The van der Waals surface area contributed by atoms with Crippen molar-refractivity contribution in [2.24, 2.45) is 0 Å². The van der Waals surface area contributed by atoms with E-state index in [1.54, 1.807) is 12.1 Å². The van der Waals surface area contributed by atoms with Gasteiger partial charge < -0.3 is 25.3 Å². The van der Waals surface area contributed by atoms with Crippen molar-refractivity contribution in [1.82, 2.24) is 15.0 Å². The zero-order valence-electron chi connectivity index (χ0n) is 18.0. The Balaban J connectivity index is 0.00000253. The van der Waals surface area contributed by atoms with E-state index in [1.165, 1.54) is 12.3 Å². The van der Waals surface area contributed by atoms with Gasteiger partial charge in [-0.05, 0) is 48.9 Å². The van der Waals surface area contributed by atoms with Crippen LogP contribution in [0.4, 0.5) is 13.2 Å². The van der Waals surface area contributed by atoms with E-state index in [9.17, 15) is 18.3 Å². The summed E-state index contributed by atoms with van der Waals surface area (Å²) < 4.78 is 51.2. The molecule has 1 saturated carbocycles. The fraction of sp³-hybridized carbons (Fsp3) is 0.250. The van der Waals surface area contributed by atoms with Gasteiger partial charge in [0.05, 0.1) is 28.1 Å². The monoisotopic (exact) mass is 651 g/mol. The van der Waals surface area contributed by atoms with Gasteiger partial charge in [-0.3, -0.25) is 0 Å². The predicted octanol–water partition coefficient (Wildman–Crippen LogP) is 5.71. The predicted molar refractivity (Wildman–Crippen MR) is 116 cm³/mol. The van der Waals surface area contributed by atoms with Crippen LogP contribution in [-0.2, 0) is 33.7 Å². The molecule has 0 spiro atoms. The Labute approximate surface area is 211 Å². The summed E-state index contributed by atoms with van der Waals surface area (Å²) in [7, 11) is 0. The van der Waals surface area contributed by atoms with Crippen molar-refractivity contribution in [3.8, 4) is 23.1 Å². The minimum atomic E-state index is -4.42. The van der Waals surface area contributed by atoms with Gasteiger partial charge in [0, 0.05) is 38.7 Å². The number of halogens is 3. The topological polar surface area (TPSA) is 104 Å². The van der Waals surface area contributed by atoms with Gasteiger partial charge in [0.15, 0.2) is 0 Å². The number of aromatic nitrogens is 3. The molecule has 35 heavy (non-hydrogen) atoms. The average Bonchev–Trinajstić information content (AvgIpc) is 3.15. The van der Waals surface area contributed by atoms with Crippen LogP contribution in [0.1, 0.15) is 34.4 Å². The number of imidazole rings is 1. The number of aromatic hydroxyl groups is 1. The minimum absolute atomic E-state index is 0. The third-order valence-electron chi connectivity index (χ3n) is 6.29. The quantitative estimate of drug-likeness (QED) is 0.288. The molecule has 7 nitrogen and oxygen atoms in total. The van der Waals surface area contributed by atoms with Crippen molar-refractivity contribution < 1.29 is 48.8 Å². The van der Waals surface area contributed by atoms with Gasteiger partial charge >= 0.3 is 6.18 Å². The van der Waals surface area contributed by atoms with Crippen LogP contribution in [0.15, 0.2) is 48.7 Å². The van der Waals surface area contributed by atoms with Crippen LogP contribution in [0.5, 0.6) is 23.1 Å². The largest absolute Gasteiger partial charge is 0.677 e. The molecule has 3 atom stereocenters. The van der Waals surface area contributed by atoms with Crippen molar-refractivity contribution in [3.05, 3.63) is 76.9 Å². The normalized spacial score (nSPS) is 20.1. The van der Waals surface area contributed by atoms with E-state index in [1.807, 2.05) is 12.1 Å². The van der Waals surface area contributed by atoms with Crippen LogP contribution in [0.2, 0.25) is 0 Å². The summed E-state index contributed by atoms with van der Waals surface area (Å²) in [5.41, 5.74) is 8.96. The molecule has 3 N–H and O–H groups in total. The smallest absolute Gasteiger partial charge is 0.416 e. The molecule has 0 radical (unpaired) electrons. The molecule has 11 heteroatoms. The Bertz CT molecular complexity index is 1430. The zero-order valence-corrected chi connectivity index (χ0v) is 20.9. The second-order valence-electron chi connectivity index (χ2n) is 8.40. The van der Waals surface area contributed by atoms with E-state index in [4.69, 9.17) is 15.2 Å². The van der Waals surface area contributed by atoms with Crippen LogP contribution in [-0.4, -0.2) is 32.7 Å². The molecule has 4 aromatic rings. The summed E-state index contributed by atoms with van der Waals surface area (Å²) in [6.07, 6.45) is -2.82. The van der Waals surface area contributed by atoms with E-state index in [0.29, 0.717) is 40.3 Å². The molecule has 180 valence electrons. The molecule has 3 heterocycles. The van der Waals surface area contributed by atoms with Crippen molar-refractivity contribution in [2.75, 3.05) is 6.54 Å². The Hall–Kier alpha value is -3.10. The number of ether oxygens (including phenoxy) is 2. The first-order valence-corrected chi connectivity index (χ1v) is 10.7. The molecule has 2 aliphatic rings. The van der Waals surface area contributed by atoms with E-state index < -0.39 is 11.7 Å². The van der Waals surface area contributed by atoms with Crippen LogP contribution in [0.25, 0.3) is 16.8 Å². The molecular formula is C24H18F3N4O3W-. The molecule has 1 aliphatic heterocycles. The number of aromatic amines is 1. The summed E-state index contributed by atoms with van der Waals surface area (Å²) in [5, 5.41) is 10.0. The molecule has 6 rings (SSSR count). The first kappa shape index (κ1) is 23.6. The molecule has 1 aliphatic carbocycles. The van der Waals surface area contributed by atoms with Gasteiger partial charge in [-0.15, -0.1) is 6.54 Å². The molecule has 0 bridgehead atoms. The molecule has 2 aromatic carbocycles. The number of H-pyrrole nitrogens is 1. The summed E-state index contributed by atoms with van der Waals surface area (Å²) in [6.45, 7) is 0.0844. The van der Waals surface area contributed by atoms with Crippen LogP contribution >= 0.6 is 0 Å². The molecular weight excluding hydrogens is 633 g/mol. The molecule has 0 saturated heterocycles. The first-order chi connectivity index (χ1) is 16.3. The number of hydrogen-bond acceptors (Lipinski definition) is 5. The average molecular weight is 651 g/mol. The van der Waals surface area contributed by atoms with Gasteiger partial charge in [-0.25, -0.2) is 9.97 Å². The van der Waals surface area contributed by atoms with E-state index >= 15 is 0 Å². The number of rotatable bonds is 5. The summed E-state index contributed by atoms with van der Waals surface area (Å²) in [6, 6.07) is 10.6. The van der Waals surface area contributed by atoms with Crippen molar-refractivity contribution in [2.45, 2.75) is 30.5 Å². The molecule has 2 unspecified atom stereocenters. The fourth-order valence-electron chi connectivity index (χ4n) is 4.64. The maximum absolute atomic E-state index is 13.0. The Morgan fingerprint density at radius 1 is 1.11 bits per heavy atom. The summed E-state index contributed by atoms with van der Waals surface area (Å²) in [4.78, 5) is 11.4. The number of pyridine rings is 1. The number of alkyl halides is 3. The first-order valence-electron chi connectivity index (χ1n) is 10.7. The van der Waals surface area contributed by atoms with Crippen molar-refractivity contribution in [3.63, 3.8) is 0 Å². The fourth-order valence-corrected chi connectivity index (χ4v) is 4.64. The Morgan fingerprint density at radius 3 is 2.71 bits per heavy atom. The third-order valence-corrected chi connectivity index (χ3v) is 6.29. The standard InChI is InChI=1S/C24H18F3N4O3.W/c25-24(26,27)11-1-3-15-16(9-11)31-22(30-15)20-19-14-10-12(2-4-17(14)34-21(19)20)33-18-6-8-29-23(32)13(18)5-7-28;/h1-4,6,8-10,19-21,28H,5,7H2,(H,29,32)(H,30,31);/q-1;/t19?,20-,21?;/m0./s1. The summed E-state index contributed by atoms with van der Waals surface area (Å²) >= 11 is 0. The zero-order chi connectivity index (χ0) is 23.6. The maximum Gasteiger partial charge on any atom is 0.416 e. The van der Waals surface area contributed by atoms with Crippen LogP contribution in [0, 0.1) is 0 Å². The van der Waals surface area contributed by atoms with Crippen molar-refractivity contribution >= 4 is 11.0 Å². The van der Waals surface area contributed by atoms with Gasteiger partial charge in [0.2, 0.25) is 5.88 Å². The van der Waals surface area contributed by atoms with Gasteiger partial charge in [-0.1, -0.05) is 0 Å². The molecule has 2 aromatic heterocycles. The number of nitrogens with zero attached hydrogens (tertiary/aromatic N) is 2. The second kappa shape index (κ2) is 8.53. The Kier molecular flexibility index (Phi) is 5.76. The Morgan fingerprint density at radius 2 is 1.94 bits per heavy atom. The minimum Gasteiger partial charge on any atom is -0.677 e. The number of benzene rings is 2. The number of nitrogens with one attached hydrogen (secondary N) is 2. The summed E-state index contributed by atoms with van der Waals surface area (Å²) in [5.74, 6) is 2.07. The molecule has 0 amide bonds.